The molecular formula is C24H24N2O6. The molecule has 3 N–H and O–H groups in total. The third-order valence-corrected chi connectivity index (χ3v) is 5.22. The van der Waals surface area contributed by atoms with E-state index in [1.54, 1.807) is 0 Å². The highest BCUT2D eigenvalue weighted by Crippen LogP contribution is 2.44. The zero-order chi connectivity index (χ0) is 23.1. The molecule has 2 atom stereocenters. The molecule has 1 unspecified atom stereocenters. The fourth-order valence-electron chi connectivity index (χ4n) is 3.72. The summed E-state index contributed by atoms with van der Waals surface area (Å²) in [6.45, 7) is -0.0888. The van der Waals surface area contributed by atoms with Crippen LogP contribution in [0.3, 0.4) is 0 Å². The van der Waals surface area contributed by atoms with Crippen molar-refractivity contribution in [2.45, 2.75) is 24.4 Å². The van der Waals surface area contributed by atoms with E-state index in [0.29, 0.717) is 0 Å². The zero-order valence-corrected chi connectivity index (χ0v) is 17.5. The molecule has 0 fully saturated rings. The summed E-state index contributed by atoms with van der Waals surface area (Å²) in [7, 11) is 1.36. The Morgan fingerprint density at radius 3 is 2.16 bits per heavy atom. The van der Waals surface area contributed by atoms with E-state index >= 15 is 0 Å². The molecule has 0 heterocycles. The van der Waals surface area contributed by atoms with E-state index in [2.05, 4.69) is 16.6 Å². The molecule has 1 aliphatic carbocycles. The lowest BCUT2D eigenvalue weighted by atomic mass is 9.98. The second-order valence-electron chi connectivity index (χ2n) is 7.29. The average Bonchev–Trinajstić information content (AvgIpc) is 3.10. The molecule has 32 heavy (non-hydrogen) atoms. The Morgan fingerprint density at radius 2 is 1.62 bits per heavy atom. The third-order valence-electron chi connectivity index (χ3n) is 5.22. The van der Waals surface area contributed by atoms with Crippen LogP contribution in [-0.4, -0.2) is 55.5 Å². The lowest BCUT2D eigenvalue weighted by molar-refractivity contribution is -0.142. The van der Waals surface area contributed by atoms with E-state index in [4.69, 9.17) is 21.0 Å². The Labute approximate surface area is 185 Å². The maximum atomic E-state index is 12.5. The number of nitrogens with one attached hydrogen (secondary N) is 2. The smallest absolute Gasteiger partial charge is 0.407 e. The van der Waals surface area contributed by atoms with Crippen LogP contribution in [0, 0.1) is 12.3 Å². The number of carboxylic acid groups (broad SMARTS) is 1. The van der Waals surface area contributed by atoms with Crippen molar-refractivity contribution in [3.63, 3.8) is 0 Å². The van der Waals surface area contributed by atoms with Crippen LogP contribution in [-0.2, 0) is 19.1 Å². The van der Waals surface area contributed by atoms with Gasteiger partial charge in [-0.05, 0) is 22.3 Å². The van der Waals surface area contributed by atoms with Gasteiger partial charge in [-0.2, -0.15) is 0 Å². The fourth-order valence-corrected chi connectivity index (χ4v) is 3.72. The van der Waals surface area contributed by atoms with Gasteiger partial charge in [0.05, 0.1) is 6.61 Å². The van der Waals surface area contributed by atoms with E-state index in [-0.39, 0.29) is 25.6 Å². The van der Waals surface area contributed by atoms with Crippen molar-refractivity contribution in [1.29, 1.82) is 0 Å². The van der Waals surface area contributed by atoms with Crippen LogP contribution in [0.15, 0.2) is 48.5 Å². The first-order valence-electron chi connectivity index (χ1n) is 10.0. The summed E-state index contributed by atoms with van der Waals surface area (Å²) in [5.74, 6) is 0.0623. The van der Waals surface area contributed by atoms with Crippen molar-refractivity contribution < 1.29 is 29.0 Å². The molecule has 166 valence electrons. The second kappa shape index (κ2) is 10.5. The lowest BCUT2D eigenvalue weighted by Gasteiger charge is -2.21. The van der Waals surface area contributed by atoms with Gasteiger partial charge in [0.2, 0.25) is 5.91 Å². The number of rotatable bonds is 9. The number of terminal acetylenes is 1. The van der Waals surface area contributed by atoms with Crippen LogP contribution < -0.4 is 10.6 Å². The molecule has 2 aromatic rings. The molecule has 1 aliphatic rings. The van der Waals surface area contributed by atoms with Crippen LogP contribution in [0.5, 0.6) is 0 Å². The van der Waals surface area contributed by atoms with Gasteiger partial charge in [0.1, 0.15) is 18.7 Å². The molecule has 0 saturated heterocycles. The number of methoxy groups -OCH3 is 1. The number of aliphatic carboxylic acids is 1. The average molecular weight is 436 g/mol. The predicted molar refractivity (Wildman–Crippen MR) is 117 cm³/mol. The fraction of sp³-hybridized carbons (Fsp3) is 0.292. The van der Waals surface area contributed by atoms with Gasteiger partial charge in [0.15, 0.2) is 0 Å². The number of carboxylic acids is 1. The topological polar surface area (TPSA) is 114 Å². The Hall–Kier alpha value is -3.83. The first kappa shape index (κ1) is 22.8. The van der Waals surface area contributed by atoms with Crippen molar-refractivity contribution in [2.24, 2.45) is 0 Å². The summed E-state index contributed by atoms with van der Waals surface area (Å²) in [5, 5.41) is 13.9. The molecule has 0 aromatic heterocycles. The van der Waals surface area contributed by atoms with Gasteiger partial charge in [-0.25, -0.2) is 9.59 Å². The number of ether oxygens (including phenoxy) is 2. The normalized spacial score (nSPS) is 13.8. The Kier molecular flexibility index (Phi) is 7.47. The first-order chi connectivity index (χ1) is 15.5. The predicted octanol–water partition coefficient (Wildman–Crippen LogP) is 2.13. The molecule has 2 aromatic carbocycles. The number of hydrogen-bond acceptors (Lipinski definition) is 5. The summed E-state index contributed by atoms with van der Waals surface area (Å²) in [6.07, 6.45) is 4.15. The molecule has 0 radical (unpaired) electrons. The minimum absolute atomic E-state index is 0.0794. The van der Waals surface area contributed by atoms with Gasteiger partial charge in [-0.3, -0.25) is 4.79 Å². The molecule has 0 aliphatic heterocycles. The monoisotopic (exact) mass is 436 g/mol. The molecule has 3 rings (SSSR count). The number of hydrogen-bond donors (Lipinski definition) is 3. The van der Waals surface area contributed by atoms with Crippen molar-refractivity contribution >= 4 is 18.0 Å². The highest BCUT2D eigenvalue weighted by Gasteiger charge is 2.30. The molecule has 8 heteroatoms. The molecular weight excluding hydrogens is 412 g/mol. The Bertz CT molecular complexity index is 999. The van der Waals surface area contributed by atoms with Gasteiger partial charge in [-0.1, -0.05) is 48.5 Å². The van der Waals surface area contributed by atoms with Crippen LogP contribution in [0.4, 0.5) is 4.79 Å². The largest absolute Gasteiger partial charge is 0.480 e. The lowest BCUT2D eigenvalue weighted by Crippen LogP contribution is -2.53. The maximum absolute atomic E-state index is 12.5. The number of benzene rings is 2. The van der Waals surface area contributed by atoms with E-state index in [1.807, 2.05) is 48.5 Å². The van der Waals surface area contributed by atoms with Crippen LogP contribution in [0.2, 0.25) is 0 Å². The second-order valence-corrected chi connectivity index (χ2v) is 7.29. The van der Waals surface area contributed by atoms with Gasteiger partial charge >= 0.3 is 12.1 Å². The summed E-state index contributed by atoms with van der Waals surface area (Å²) < 4.78 is 10.4. The van der Waals surface area contributed by atoms with Crippen LogP contribution in [0.25, 0.3) is 11.1 Å². The van der Waals surface area contributed by atoms with E-state index in [1.165, 1.54) is 7.11 Å². The van der Waals surface area contributed by atoms with Crippen molar-refractivity contribution in [1.82, 2.24) is 10.6 Å². The number of carbonyl (C=O) groups is 3. The number of fused-ring (bicyclic) bond motifs is 3. The third kappa shape index (κ3) is 5.07. The van der Waals surface area contributed by atoms with E-state index in [0.717, 1.165) is 22.3 Å². The van der Waals surface area contributed by atoms with Crippen molar-refractivity contribution in [3.05, 3.63) is 59.7 Å². The first-order valence-corrected chi connectivity index (χ1v) is 10.0. The standard InChI is InChI=1S/C24H24N2O6/c1-3-8-20(23(28)29)25-22(27)21(14-31-2)26-24(30)32-13-19-17-11-6-4-9-15(17)16-10-5-7-12-18(16)19/h1,4-7,9-12,19-21H,8,13-14H2,2H3,(H,25,27)(H,26,30)(H,28,29)/t20?,21-/m0/s1. The summed E-state index contributed by atoms with van der Waals surface area (Å²) in [4.78, 5) is 36.1. The Balaban J connectivity index is 1.64. The number of amides is 2. The molecule has 0 saturated carbocycles. The van der Waals surface area contributed by atoms with Gasteiger partial charge in [-0.15, -0.1) is 12.3 Å². The number of carbonyl (C=O) groups excluding carboxylic acids is 2. The molecule has 2 amide bonds. The van der Waals surface area contributed by atoms with Crippen molar-refractivity contribution in [3.8, 4) is 23.5 Å². The van der Waals surface area contributed by atoms with E-state index < -0.39 is 30.1 Å². The molecule has 8 nitrogen and oxygen atoms in total. The summed E-state index contributed by atoms with van der Waals surface area (Å²) >= 11 is 0. The van der Waals surface area contributed by atoms with Gasteiger partial charge in [0.25, 0.3) is 0 Å². The minimum Gasteiger partial charge on any atom is -0.480 e. The highest BCUT2D eigenvalue weighted by molar-refractivity contribution is 5.89. The van der Waals surface area contributed by atoms with Crippen LogP contribution in [0.1, 0.15) is 23.5 Å². The number of alkyl carbamates (subject to hydrolysis) is 1. The summed E-state index contributed by atoms with van der Waals surface area (Å²) in [6, 6.07) is 13.4. The quantitative estimate of drug-likeness (QED) is 0.519. The summed E-state index contributed by atoms with van der Waals surface area (Å²) in [5.41, 5.74) is 4.32. The maximum Gasteiger partial charge on any atom is 0.407 e. The highest BCUT2D eigenvalue weighted by atomic mass is 16.5. The van der Waals surface area contributed by atoms with Crippen molar-refractivity contribution in [2.75, 3.05) is 20.3 Å². The zero-order valence-electron chi connectivity index (χ0n) is 17.5. The van der Waals surface area contributed by atoms with Gasteiger partial charge in [0, 0.05) is 19.4 Å². The Morgan fingerprint density at radius 1 is 1.03 bits per heavy atom. The molecule has 0 spiro atoms. The SMILES string of the molecule is C#CCC(NC(=O)[C@H](COC)NC(=O)OCC1c2ccccc2-c2ccccc21)C(=O)O. The van der Waals surface area contributed by atoms with E-state index in [9.17, 15) is 14.4 Å². The minimum atomic E-state index is -1.27. The molecule has 0 bridgehead atoms. The van der Waals surface area contributed by atoms with Crippen LogP contribution >= 0.6 is 0 Å². The van der Waals surface area contributed by atoms with Gasteiger partial charge < -0.3 is 25.2 Å².